The van der Waals surface area contributed by atoms with Gasteiger partial charge in [0.15, 0.2) is 0 Å². The van der Waals surface area contributed by atoms with Crippen LogP contribution in [0.4, 0.5) is 5.69 Å². The van der Waals surface area contributed by atoms with E-state index in [0.717, 1.165) is 24.3 Å². The maximum atomic E-state index is 12.2. The molecule has 4 heteroatoms. The van der Waals surface area contributed by atoms with E-state index in [0.29, 0.717) is 5.92 Å². The third-order valence-corrected chi connectivity index (χ3v) is 4.97. The van der Waals surface area contributed by atoms with Crippen LogP contribution < -0.4 is 10.6 Å². The number of benzene rings is 1. The predicted molar refractivity (Wildman–Crippen MR) is 76.1 cm³/mol. The summed E-state index contributed by atoms with van der Waals surface area (Å²) in [4.78, 5) is 12.2. The Hall–Kier alpha value is -1.16. The van der Waals surface area contributed by atoms with Gasteiger partial charge in [0.1, 0.15) is 0 Å². The summed E-state index contributed by atoms with van der Waals surface area (Å²) in [6.45, 7) is 1.56. The molecule has 1 fully saturated rings. The van der Waals surface area contributed by atoms with Crippen LogP contribution in [-0.2, 0) is 4.79 Å². The monoisotopic (exact) mass is 262 g/mol. The van der Waals surface area contributed by atoms with Crippen LogP contribution in [0, 0.1) is 5.92 Å². The predicted octanol–water partition coefficient (Wildman–Crippen LogP) is 2.06. The molecule has 3 rings (SSSR count). The molecule has 0 bridgehead atoms. The van der Waals surface area contributed by atoms with Crippen molar-refractivity contribution in [3.63, 3.8) is 0 Å². The SMILES string of the molecule is O=C(NCC1CCSC1)C1CNc2ccccc21. The fourth-order valence-corrected chi connectivity index (χ4v) is 3.91. The van der Waals surface area contributed by atoms with Gasteiger partial charge in [0.05, 0.1) is 5.92 Å². The van der Waals surface area contributed by atoms with Gasteiger partial charge in [-0.25, -0.2) is 0 Å². The molecule has 1 amide bonds. The molecule has 2 unspecified atom stereocenters. The summed E-state index contributed by atoms with van der Waals surface area (Å²) in [5, 5.41) is 6.41. The number of nitrogens with one attached hydrogen (secondary N) is 2. The molecule has 18 heavy (non-hydrogen) atoms. The molecule has 3 nitrogen and oxygen atoms in total. The second-order valence-corrected chi connectivity index (χ2v) is 6.15. The van der Waals surface area contributed by atoms with Gasteiger partial charge in [0.2, 0.25) is 5.91 Å². The smallest absolute Gasteiger partial charge is 0.229 e. The molecule has 0 spiro atoms. The van der Waals surface area contributed by atoms with Crippen LogP contribution in [0.25, 0.3) is 0 Å². The standard InChI is InChI=1S/C14H18N2OS/c17-14(16-7-10-5-6-18-9-10)12-8-15-13-4-2-1-3-11(12)13/h1-4,10,12,15H,5-9H2,(H,16,17). The van der Waals surface area contributed by atoms with Gasteiger partial charge >= 0.3 is 0 Å². The number of thioether (sulfide) groups is 1. The summed E-state index contributed by atoms with van der Waals surface area (Å²) in [6, 6.07) is 8.09. The number of para-hydroxylation sites is 1. The van der Waals surface area contributed by atoms with Crippen molar-refractivity contribution in [2.45, 2.75) is 12.3 Å². The van der Waals surface area contributed by atoms with Crippen LogP contribution in [0.15, 0.2) is 24.3 Å². The molecule has 2 N–H and O–H groups in total. The van der Waals surface area contributed by atoms with E-state index in [1.165, 1.54) is 17.9 Å². The average Bonchev–Trinajstić information content (AvgIpc) is 3.05. The molecule has 2 heterocycles. The van der Waals surface area contributed by atoms with Crippen LogP contribution in [0.5, 0.6) is 0 Å². The van der Waals surface area contributed by atoms with E-state index in [-0.39, 0.29) is 11.8 Å². The molecule has 0 aromatic heterocycles. The van der Waals surface area contributed by atoms with Gasteiger partial charge in [-0.3, -0.25) is 4.79 Å². The summed E-state index contributed by atoms with van der Waals surface area (Å²) in [5.74, 6) is 3.26. The second-order valence-electron chi connectivity index (χ2n) is 5.00. The summed E-state index contributed by atoms with van der Waals surface area (Å²) in [7, 11) is 0. The van der Waals surface area contributed by atoms with E-state index in [1.807, 2.05) is 36.0 Å². The van der Waals surface area contributed by atoms with Gasteiger partial charge in [-0.15, -0.1) is 0 Å². The molecule has 2 aliphatic heterocycles. The zero-order chi connectivity index (χ0) is 12.4. The molecule has 2 aliphatic rings. The van der Waals surface area contributed by atoms with Gasteiger partial charge in [-0.2, -0.15) is 11.8 Å². The fraction of sp³-hybridized carbons (Fsp3) is 0.500. The summed E-state index contributed by atoms with van der Waals surface area (Å²) in [5.41, 5.74) is 2.24. The Morgan fingerprint density at radius 3 is 3.17 bits per heavy atom. The number of rotatable bonds is 3. The van der Waals surface area contributed by atoms with Crippen molar-refractivity contribution in [2.75, 3.05) is 29.9 Å². The van der Waals surface area contributed by atoms with Crippen molar-refractivity contribution in [2.24, 2.45) is 5.92 Å². The number of fused-ring (bicyclic) bond motifs is 1. The first-order valence-corrected chi connectivity index (χ1v) is 7.68. The molecule has 1 saturated heterocycles. The normalized spacial score (nSPS) is 25.6. The van der Waals surface area contributed by atoms with Gasteiger partial charge in [0.25, 0.3) is 0 Å². The first-order valence-electron chi connectivity index (χ1n) is 6.53. The lowest BCUT2D eigenvalue weighted by atomic mass is 10.00. The Morgan fingerprint density at radius 2 is 2.33 bits per heavy atom. The topological polar surface area (TPSA) is 41.1 Å². The summed E-state index contributed by atoms with van der Waals surface area (Å²) in [6.07, 6.45) is 1.24. The van der Waals surface area contributed by atoms with Crippen LogP contribution >= 0.6 is 11.8 Å². The van der Waals surface area contributed by atoms with E-state index < -0.39 is 0 Å². The van der Waals surface area contributed by atoms with E-state index >= 15 is 0 Å². The van der Waals surface area contributed by atoms with Crippen LogP contribution in [-0.4, -0.2) is 30.5 Å². The number of hydrogen-bond acceptors (Lipinski definition) is 3. The molecule has 2 atom stereocenters. The van der Waals surface area contributed by atoms with E-state index in [9.17, 15) is 4.79 Å². The molecule has 1 aromatic carbocycles. The zero-order valence-electron chi connectivity index (χ0n) is 10.3. The zero-order valence-corrected chi connectivity index (χ0v) is 11.1. The van der Waals surface area contributed by atoms with Crippen LogP contribution in [0.3, 0.4) is 0 Å². The Kier molecular flexibility index (Phi) is 3.46. The number of amides is 1. The van der Waals surface area contributed by atoms with Crippen molar-refractivity contribution in [1.29, 1.82) is 0 Å². The minimum absolute atomic E-state index is 0.0183. The summed E-state index contributed by atoms with van der Waals surface area (Å²) >= 11 is 1.99. The molecule has 0 saturated carbocycles. The van der Waals surface area contributed by atoms with E-state index in [2.05, 4.69) is 10.6 Å². The van der Waals surface area contributed by atoms with Gasteiger partial charge in [-0.05, 0) is 35.5 Å². The van der Waals surface area contributed by atoms with Gasteiger partial charge < -0.3 is 10.6 Å². The van der Waals surface area contributed by atoms with Crippen molar-refractivity contribution in [1.82, 2.24) is 5.32 Å². The Labute approximate surface area is 112 Å². The lowest BCUT2D eigenvalue weighted by Crippen LogP contribution is -2.34. The first-order chi connectivity index (χ1) is 8.84. The highest BCUT2D eigenvalue weighted by molar-refractivity contribution is 7.99. The largest absolute Gasteiger partial charge is 0.384 e. The molecule has 0 radical (unpaired) electrons. The maximum Gasteiger partial charge on any atom is 0.229 e. The number of carbonyl (C=O) groups excluding carboxylic acids is 1. The van der Waals surface area contributed by atoms with Gasteiger partial charge in [0, 0.05) is 18.8 Å². The average molecular weight is 262 g/mol. The fourth-order valence-electron chi connectivity index (χ4n) is 2.63. The molecule has 0 aliphatic carbocycles. The van der Waals surface area contributed by atoms with Crippen LogP contribution in [0.1, 0.15) is 17.9 Å². The van der Waals surface area contributed by atoms with Crippen molar-refractivity contribution in [3.05, 3.63) is 29.8 Å². The molecule has 96 valence electrons. The van der Waals surface area contributed by atoms with Crippen molar-refractivity contribution < 1.29 is 4.79 Å². The van der Waals surface area contributed by atoms with E-state index in [1.54, 1.807) is 0 Å². The number of anilines is 1. The Bertz CT molecular complexity index is 443. The molecular weight excluding hydrogens is 244 g/mol. The lowest BCUT2D eigenvalue weighted by molar-refractivity contribution is -0.122. The van der Waals surface area contributed by atoms with Crippen molar-refractivity contribution >= 4 is 23.4 Å². The Morgan fingerprint density at radius 1 is 1.44 bits per heavy atom. The minimum Gasteiger partial charge on any atom is -0.384 e. The second kappa shape index (κ2) is 5.22. The van der Waals surface area contributed by atoms with Crippen LogP contribution in [0.2, 0.25) is 0 Å². The highest BCUT2D eigenvalue weighted by Crippen LogP contribution is 2.31. The number of hydrogen-bond donors (Lipinski definition) is 2. The summed E-state index contributed by atoms with van der Waals surface area (Å²) < 4.78 is 0. The lowest BCUT2D eigenvalue weighted by Gasteiger charge is -2.14. The maximum absolute atomic E-state index is 12.2. The van der Waals surface area contributed by atoms with E-state index in [4.69, 9.17) is 0 Å². The quantitative estimate of drug-likeness (QED) is 0.876. The highest BCUT2D eigenvalue weighted by atomic mass is 32.2. The molecular formula is C14H18N2OS. The molecule has 1 aromatic rings. The van der Waals surface area contributed by atoms with Gasteiger partial charge in [-0.1, -0.05) is 18.2 Å². The first kappa shape index (κ1) is 11.9. The third-order valence-electron chi connectivity index (χ3n) is 3.74. The number of carbonyl (C=O) groups is 1. The Balaban J connectivity index is 1.60. The third kappa shape index (κ3) is 2.34. The van der Waals surface area contributed by atoms with Crippen molar-refractivity contribution in [3.8, 4) is 0 Å². The highest BCUT2D eigenvalue weighted by Gasteiger charge is 2.28. The minimum atomic E-state index is -0.0183.